The number of Topliss-reactive ketones (excluding diaryl/α,β-unsaturated/α-hetero) is 1. The lowest BCUT2D eigenvalue weighted by Crippen LogP contribution is -2.25. The van der Waals surface area contributed by atoms with Gasteiger partial charge in [-0.1, -0.05) is 13.0 Å². The fourth-order valence-electron chi connectivity index (χ4n) is 1.53. The maximum absolute atomic E-state index is 11.5. The molecule has 15 heavy (non-hydrogen) atoms. The summed E-state index contributed by atoms with van der Waals surface area (Å²) in [5, 5.41) is 10.1. The Morgan fingerprint density at radius 3 is 2.87 bits per heavy atom. The second-order valence-corrected chi connectivity index (χ2v) is 3.98. The second kappa shape index (κ2) is 5.03. The van der Waals surface area contributed by atoms with Crippen LogP contribution in [-0.2, 0) is 10.4 Å². The molecule has 0 aliphatic rings. The topological polar surface area (TPSA) is 50.2 Å². The largest absolute Gasteiger partial charge is 0.385 e. The summed E-state index contributed by atoms with van der Waals surface area (Å²) in [7, 11) is 0. The van der Waals surface area contributed by atoms with Crippen LogP contribution in [0, 0.1) is 0 Å². The molecule has 3 heteroatoms. The Bertz CT molecular complexity index is 320. The van der Waals surface area contributed by atoms with Crippen molar-refractivity contribution in [3.63, 3.8) is 0 Å². The third-order valence-electron chi connectivity index (χ3n) is 2.35. The fraction of sp³-hybridized carbons (Fsp3) is 0.500. The summed E-state index contributed by atoms with van der Waals surface area (Å²) in [6.07, 6.45) is 4.75. The van der Waals surface area contributed by atoms with E-state index < -0.39 is 5.60 Å². The number of nitrogens with zero attached hydrogens (tertiary/aromatic N) is 1. The van der Waals surface area contributed by atoms with Gasteiger partial charge in [-0.2, -0.15) is 0 Å². The van der Waals surface area contributed by atoms with Crippen LogP contribution in [0.25, 0.3) is 0 Å². The summed E-state index contributed by atoms with van der Waals surface area (Å²) >= 11 is 0. The number of pyridine rings is 1. The van der Waals surface area contributed by atoms with E-state index in [0.29, 0.717) is 12.0 Å². The third-order valence-corrected chi connectivity index (χ3v) is 2.35. The van der Waals surface area contributed by atoms with Gasteiger partial charge in [0, 0.05) is 30.8 Å². The average molecular weight is 207 g/mol. The molecule has 1 aromatic rings. The van der Waals surface area contributed by atoms with Crippen LogP contribution in [-0.4, -0.2) is 15.9 Å². The number of hydrogen-bond acceptors (Lipinski definition) is 3. The van der Waals surface area contributed by atoms with Crippen LogP contribution in [0.4, 0.5) is 0 Å². The molecular formula is C12H17NO2. The van der Waals surface area contributed by atoms with E-state index in [1.165, 1.54) is 0 Å². The predicted octanol–water partition coefficient (Wildman–Crippen LogP) is 2.05. The smallest absolute Gasteiger partial charge is 0.136 e. The van der Waals surface area contributed by atoms with Crippen molar-refractivity contribution in [2.24, 2.45) is 0 Å². The van der Waals surface area contributed by atoms with E-state index in [1.54, 1.807) is 31.5 Å². The van der Waals surface area contributed by atoms with Crippen LogP contribution in [0.5, 0.6) is 0 Å². The molecule has 1 atom stereocenters. The zero-order valence-corrected chi connectivity index (χ0v) is 9.23. The minimum Gasteiger partial charge on any atom is -0.385 e. The summed E-state index contributed by atoms with van der Waals surface area (Å²) in [5.41, 5.74) is -0.407. The molecule has 0 saturated heterocycles. The molecule has 1 rings (SSSR count). The highest BCUT2D eigenvalue weighted by molar-refractivity contribution is 5.79. The molecular weight excluding hydrogens is 190 g/mol. The Hall–Kier alpha value is -1.22. The van der Waals surface area contributed by atoms with Gasteiger partial charge in [-0.25, -0.2) is 0 Å². The zero-order valence-electron chi connectivity index (χ0n) is 9.23. The van der Waals surface area contributed by atoms with Crippen molar-refractivity contribution < 1.29 is 9.90 Å². The van der Waals surface area contributed by atoms with Crippen molar-refractivity contribution in [2.75, 3.05) is 0 Å². The maximum Gasteiger partial charge on any atom is 0.136 e. The van der Waals surface area contributed by atoms with Crippen LogP contribution >= 0.6 is 0 Å². The van der Waals surface area contributed by atoms with Crippen LogP contribution in [0.15, 0.2) is 24.5 Å². The number of aliphatic hydroxyl groups is 1. The van der Waals surface area contributed by atoms with Gasteiger partial charge in [0.25, 0.3) is 0 Å². The molecule has 1 N–H and O–H groups in total. The summed E-state index contributed by atoms with van der Waals surface area (Å²) in [6.45, 7) is 3.61. The van der Waals surface area contributed by atoms with Crippen LogP contribution in [0.3, 0.4) is 0 Å². The van der Waals surface area contributed by atoms with E-state index >= 15 is 0 Å². The lowest BCUT2D eigenvalue weighted by Gasteiger charge is -2.22. The first-order valence-corrected chi connectivity index (χ1v) is 5.21. The number of aromatic nitrogens is 1. The number of rotatable bonds is 5. The van der Waals surface area contributed by atoms with Crippen molar-refractivity contribution in [1.82, 2.24) is 4.98 Å². The van der Waals surface area contributed by atoms with E-state index in [4.69, 9.17) is 0 Å². The van der Waals surface area contributed by atoms with Crippen molar-refractivity contribution in [3.05, 3.63) is 30.1 Å². The highest BCUT2D eigenvalue weighted by Gasteiger charge is 2.26. The molecule has 0 unspecified atom stereocenters. The first-order valence-electron chi connectivity index (χ1n) is 5.21. The Labute approximate surface area is 90.2 Å². The molecule has 0 saturated carbocycles. The highest BCUT2D eigenvalue weighted by Crippen LogP contribution is 2.24. The molecule has 0 radical (unpaired) electrons. The molecule has 0 aliphatic heterocycles. The number of carbonyl (C=O) groups is 1. The minimum absolute atomic E-state index is 0.0892. The quantitative estimate of drug-likeness (QED) is 0.803. The molecule has 0 fully saturated rings. The van der Waals surface area contributed by atoms with Gasteiger partial charge in [0.15, 0.2) is 0 Å². The van der Waals surface area contributed by atoms with Gasteiger partial charge in [0.05, 0.1) is 5.60 Å². The van der Waals surface area contributed by atoms with Gasteiger partial charge >= 0.3 is 0 Å². The van der Waals surface area contributed by atoms with Gasteiger partial charge in [0.2, 0.25) is 0 Å². The molecule has 3 nitrogen and oxygen atoms in total. The molecule has 1 heterocycles. The Balaban J connectivity index is 2.71. The number of ketones is 1. The second-order valence-electron chi connectivity index (χ2n) is 3.98. The summed E-state index contributed by atoms with van der Waals surface area (Å²) < 4.78 is 0. The van der Waals surface area contributed by atoms with E-state index in [1.807, 2.05) is 6.92 Å². The van der Waals surface area contributed by atoms with Gasteiger partial charge in [0.1, 0.15) is 5.78 Å². The SMILES string of the molecule is CCCC(=O)C[C@@](C)(O)c1cccnc1. The minimum atomic E-state index is -1.10. The van der Waals surface area contributed by atoms with Gasteiger partial charge in [-0.3, -0.25) is 9.78 Å². The lowest BCUT2D eigenvalue weighted by atomic mass is 9.91. The predicted molar refractivity (Wildman–Crippen MR) is 58.3 cm³/mol. The standard InChI is InChI=1S/C12H17NO2/c1-3-5-11(14)8-12(2,15)10-6-4-7-13-9-10/h4,6-7,9,15H,3,5,8H2,1-2H3/t12-/m1/s1. The van der Waals surface area contributed by atoms with E-state index in [0.717, 1.165) is 6.42 Å². The first kappa shape index (κ1) is 11.9. The van der Waals surface area contributed by atoms with Crippen molar-refractivity contribution in [3.8, 4) is 0 Å². The molecule has 0 amide bonds. The third kappa shape index (κ3) is 3.44. The Morgan fingerprint density at radius 2 is 2.33 bits per heavy atom. The van der Waals surface area contributed by atoms with Crippen LogP contribution < -0.4 is 0 Å². The molecule has 0 spiro atoms. The Kier molecular flexibility index (Phi) is 3.97. The fourth-order valence-corrected chi connectivity index (χ4v) is 1.53. The lowest BCUT2D eigenvalue weighted by molar-refractivity contribution is -0.123. The van der Waals surface area contributed by atoms with Crippen LogP contribution in [0.2, 0.25) is 0 Å². The molecule has 82 valence electrons. The van der Waals surface area contributed by atoms with E-state index in [-0.39, 0.29) is 12.2 Å². The van der Waals surface area contributed by atoms with Gasteiger partial charge in [-0.05, 0) is 19.4 Å². The maximum atomic E-state index is 11.5. The molecule has 1 aromatic heterocycles. The van der Waals surface area contributed by atoms with Gasteiger partial charge in [-0.15, -0.1) is 0 Å². The van der Waals surface area contributed by atoms with E-state index in [2.05, 4.69) is 4.98 Å². The highest BCUT2D eigenvalue weighted by atomic mass is 16.3. The van der Waals surface area contributed by atoms with Crippen LogP contribution in [0.1, 0.15) is 38.7 Å². The van der Waals surface area contributed by atoms with Crippen molar-refractivity contribution in [1.29, 1.82) is 0 Å². The van der Waals surface area contributed by atoms with Crippen molar-refractivity contribution in [2.45, 2.75) is 38.7 Å². The summed E-state index contributed by atoms with van der Waals surface area (Å²) in [5.74, 6) is 0.0892. The molecule has 0 aliphatic carbocycles. The van der Waals surface area contributed by atoms with Gasteiger partial charge < -0.3 is 5.11 Å². The summed E-state index contributed by atoms with van der Waals surface area (Å²) in [4.78, 5) is 15.4. The molecule has 0 aromatic carbocycles. The van der Waals surface area contributed by atoms with Crippen molar-refractivity contribution >= 4 is 5.78 Å². The summed E-state index contributed by atoms with van der Waals surface area (Å²) in [6, 6.07) is 3.54. The monoisotopic (exact) mass is 207 g/mol. The zero-order chi connectivity index (χ0) is 11.3. The number of carbonyl (C=O) groups excluding carboxylic acids is 1. The normalized spacial score (nSPS) is 14.6. The average Bonchev–Trinajstić information content (AvgIpc) is 2.18. The van der Waals surface area contributed by atoms with E-state index in [9.17, 15) is 9.90 Å². The number of hydrogen-bond donors (Lipinski definition) is 1. The first-order chi connectivity index (χ1) is 7.06. The molecule has 0 bridgehead atoms. The Morgan fingerprint density at radius 1 is 1.60 bits per heavy atom.